The summed E-state index contributed by atoms with van der Waals surface area (Å²) in [5, 5.41) is 0. The third-order valence-corrected chi connectivity index (χ3v) is 3.07. The van der Waals surface area contributed by atoms with Crippen molar-refractivity contribution in [3.63, 3.8) is 0 Å². The SMILES string of the molecule is COC(C)c1nc2cc(Br)cnc2c(=O)n1C. The summed E-state index contributed by atoms with van der Waals surface area (Å²) in [6, 6.07) is 1.77. The number of nitrogens with zero attached hydrogens (tertiary/aromatic N) is 3. The summed E-state index contributed by atoms with van der Waals surface area (Å²) in [5.41, 5.74) is 0.769. The van der Waals surface area contributed by atoms with Gasteiger partial charge in [-0.1, -0.05) is 0 Å². The van der Waals surface area contributed by atoms with Crippen molar-refractivity contribution in [3.8, 4) is 0 Å². The first kappa shape index (κ1) is 12.2. The van der Waals surface area contributed by atoms with Crippen LogP contribution >= 0.6 is 15.9 Å². The zero-order valence-corrected chi connectivity index (χ0v) is 11.4. The maximum Gasteiger partial charge on any atom is 0.279 e. The molecule has 0 aliphatic rings. The molecule has 0 radical (unpaired) electrons. The second-order valence-corrected chi connectivity index (χ2v) is 4.65. The number of ether oxygens (including phenoxy) is 1. The molecule has 2 rings (SSSR count). The third-order valence-electron chi connectivity index (χ3n) is 2.64. The highest BCUT2D eigenvalue weighted by Crippen LogP contribution is 2.17. The fourth-order valence-electron chi connectivity index (χ4n) is 1.61. The van der Waals surface area contributed by atoms with Gasteiger partial charge < -0.3 is 4.74 Å². The Hall–Kier alpha value is -1.27. The van der Waals surface area contributed by atoms with Crippen LogP contribution in [0, 0.1) is 0 Å². The average molecular weight is 298 g/mol. The topological polar surface area (TPSA) is 57.0 Å². The number of methoxy groups -OCH3 is 1. The molecule has 0 fully saturated rings. The van der Waals surface area contributed by atoms with E-state index in [9.17, 15) is 4.79 Å². The summed E-state index contributed by atoms with van der Waals surface area (Å²) < 4.78 is 7.46. The minimum Gasteiger partial charge on any atom is -0.374 e. The van der Waals surface area contributed by atoms with E-state index in [0.29, 0.717) is 16.9 Å². The maximum absolute atomic E-state index is 12.1. The fraction of sp³-hybridized carbons (Fsp3) is 0.364. The molecule has 0 bridgehead atoms. The van der Waals surface area contributed by atoms with E-state index >= 15 is 0 Å². The molecule has 0 amide bonds. The minimum atomic E-state index is -0.240. The Kier molecular flexibility index (Phi) is 3.26. The number of hydrogen-bond acceptors (Lipinski definition) is 4. The number of halogens is 1. The van der Waals surface area contributed by atoms with Gasteiger partial charge in [0.1, 0.15) is 11.9 Å². The molecule has 0 N–H and O–H groups in total. The Labute approximate surface area is 107 Å². The zero-order valence-electron chi connectivity index (χ0n) is 9.77. The van der Waals surface area contributed by atoms with Crippen LogP contribution in [0.5, 0.6) is 0 Å². The normalized spacial score (nSPS) is 12.9. The van der Waals surface area contributed by atoms with Gasteiger partial charge in [0.25, 0.3) is 5.56 Å². The summed E-state index contributed by atoms with van der Waals surface area (Å²) in [5.74, 6) is 0.588. The zero-order chi connectivity index (χ0) is 12.6. The van der Waals surface area contributed by atoms with Crippen molar-refractivity contribution in [2.45, 2.75) is 13.0 Å². The quantitative estimate of drug-likeness (QED) is 0.848. The van der Waals surface area contributed by atoms with Crippen LogP contribution in [-0.2, 0) is 11.8 Å². The van der Waals surface area contributed by atoms with Gasteiger partial charge in [-0.2, -0.15) is 0 Å². The van der Waals surface area contributed by atoms with E-state index in [1.54, 1.807) is 26.4 Å². The van der Waals surface area contributed by atoms with Gasteiger partial charge in [0.05, 0.1) is 5.52 Å². The molecular weight excluding hydrogens is 286 g/mol. The maximum atomic E-state index is 12.1. The molecular formula is C11H12BrN3O2. The van der Waals surface area contributed by atoms with Crippen molar-refractivity contribution in [1.29, 1.82) is 0 Å². The lowest BCUT2D eigenvalue weighted by Crippen LogP contribution is -2.24. The molecule has 2 aromatic rings. The summed E-state index contributed by atoms with van der Waals surface area (Å²) in [7, 11) is 3.25. The van der Waals surface area contributed by atoms with E-state index < -0.39 is 0 Å². The van der Waals surface area contributed by atoms with Crippen LogP contribution in [-0.4, -0.2) is 21.6 Å². The first-order chi connectivity index (χ1) is 8.04. The van der Waals surface area contributed by atoms with Crippen molar-refractivity contribution in [2.24, 2.45) is 7.05 Å². The number of hydrogen-bond donors (Lipinski definition) is 0. The second kappa shape index (κ2) is 4.54. The van der Waals surface area contributed by atoms with Crippen LogP contribution in [0.3, 0.4) is 0 Å². The monoisotopic (exact) mass is 297 g/mol. The highest BCUT2D eigenvalue weighted by atomic mass is 79.9. The van der Waals surface area contributed by atoms with E-state index in [-0.39, 0.29) is 11.7 Å². The van der Waals surface area contributed by atoms with Crippen LogP contribution in [0.1, 0.15) is 18.9 Å². The van der Waals surface area contributed by atoms with E-state index in [1.165, 1.54) is 4.57 Å². The van der Waals surface area contributed by atoms with Crippen molar-refractivity contribution >= 4 is 27.0 Å². The third kappa shape index (κ3) is 2.10. The van der Waals surface area contributed by atoms with Gasteiger partial charge in [0.15, 0.2) is 5.52 Å². The lowest BCUT2D eigenvalue weighted by molar-refractivity contribution is 0.108. The molecule has 0 saturated heterocycles. The summed E-state index contributed by atoms with van der Waals surface area (Å²) >= 11 is 3.31. The lowest BCUT2D eigenvalue weighted by atomic mass is 10.3. The van der Waals surface area contributed by atoms with Crippen molar-refractivity contribution < 1.29 is 4.74 Å². The highest BCUT2D eigenvalue weighted by molar-refractivity contribution is 9.10. The van der Waals surface area contributed by atoms with Gasteiger partial charge in [0.2, 0.25) is 0 Å². The molecule has 2 heterocycles. The number of aromatic nitrogens is 3. The molecule has 0 aliphatic heterocycles. The van der Waals surface area contributed by atoms with E-state index in [4.69, 9.17) is 4.74 Å². The number of pyridine rings is 1. The van der Waals surface area contributed by atoms with Crippen LogP contribution in [0.2, 0.25) is 0 Å². The summed E-state index contributed by atoms with van der Waals surface area (Å²) in [6.07, 6.45) is 1.35. The number of rotatable bonds is 2. The highest BCUT2D eigenvalue weighted by Gasteiger charge is 2.14. The van der Waals surface area contributed by atoms with Gasteiger partial charge in [0, 0.05) is 24.8 Å². The molecule has 17 heavy (non-hydrogen) atoms. The molecule has 90 valence electrons. The van der Waals surface area contributed by atoms with Gasteiger partial charge in [-0.15, -0.1) is 0 Å². The molecule has 0 saturated carbocycles. The molecule has 1 unspecified atom stereocenters. The molecule has 6 heteroatoms. The standard InChI is InChI=1S/C11H12BrN3O2/c1-6(17-3)10-14-8-4-7(12)5-13-9(8)11(16)15(10)2/h4-6H,1-3H3. The predicted molar refractivity (Wildman–Crippen MR) is 67.9 cm³/mol. The van der Waals surface area contributed by atoms with Crippen LogP contribution in [0.4, 0.5) is 0 Å². The Morgan fingerprint density at radius 1 is 1.53 bits per heavy atom. The smallest absolute Gasteiger partial charge is 0.279 e. The summed E-state index contributed by atoms with van der Waals surface area (Å²) in [6.45, 7) is 1.85. The first-order valence-electron chi connectivity index (χ1n) is 5.09. The van der Waals surface area contributed by atoms with Crippen molar-refractivity contribution in [3.05, 3.63) is 32.9 Å². The Morgan fingerprint density at radius 3 is 2.88 bits per heavy atom. The molecule has 0 spiro atoms. The predicted octanol–water partition coefficient (Wildman–Crippen LogP) is 1.80. The molecule has 0 aliphatic carbocycles. The minimum absolute atomic E-state index is 0.165. The van der Waals surface area contributed by atoms with Crippen molar-refractivity contribution in [2.75, 3.05) is 7.11 Å². The molecule has 0 aromatic carbocycles. The van der Waals surface area contributed by atoms with Crippen molar-refractivity contribution in [1.82, 2.24) is 14.5 Å². The Bertz CT molecular complexity index is 624. The first-order valence-corrected chi connectivity index (χ1v) is 5.89. The molecule has 2 aromatic heterocycles. The number of fused-ring (bicyclic) bond motifs is 1. The van der Waals surface area contributed by atoms with Crippen LogP contribution < -0.4 is 5.56 Å². The van der Waals surface area contributed by atoms with Gasteiger partial charge in [-0.3, -0.25) is 9.36 Å². The van der Waals surface area contributed by atoms with Crippen LogP contribution in [0.15, 0.2) is 21.5 Å². The Balaban J connectivity index is 2.80. The van der Waals surface area contributed by atoms with E-state index in [1.807, 2.05) is 6.92 Å². The van der Waals surface area contributed by atoms with Gasteiger partial charge in [-0.05, 0) is 28.9 Å². The van der Waals surface area contributed by atoms with Crippen LogP contribution in [0.25, 0.3) is 11.0 Å². The van der Waals surface area contributed by atoms with Gasteiger partial charge >= 0.3 is 0 Å². The average Bonchev–Trinajstić information content (AvgIpc) is 2.32. The largest absolute Gasteiger partial charge is 0.374 e. The van der Waals surface area contributed by atoms with E-state index in [0.717, 1.165) is 4.47 Å². The van der Waals surface area contributed by atoms with Gasteiger partial charge in [-0.25, -0.2) is 9.97 Å². The molecule has 1 atom stereocenters. The fourth-order valence-corrected chi connectivity index (χ4v) is 1.93. The lowest BCUT2D eigenvalue weighted by Gasteiger charge is -2.13. The molecule has 5 nitrogen and oxygen atoms in total. The summed E-state index contributed by atoms with van der Waals surface area (Å²) in [4.78, 5) is 20.6. The second-order valence-electron chi connectivity index (χ2n) is 3.73. The van der Waals surface area contributed by atoms with E-state index in [2.05, 4.69) is 25.9 Å². The Morgan fingerprint density at radius 2 is 2.24 bits per heavy atom.